The van der Waals surface area contributed by atoms with Crippen LogP contribution in [0.25, 0.3) is 0 Å². The summed E-state index contributed by atoms with van der Waals surface area (Å²) in [6.07, 6.45) is 2.72. The summed E-state index contributed by atoms with van der Waals surface area (Å²) in [4.78, 5) is 36.2. The number of imide groups is 1. The highest BCUT2D eigenvalue weighted by Crippen LogP contribution is 2.50. The standard InChI is InChI=1S/C27H22ClN3O4S/c1-34-18-12-6-15(7-13-18)23-22-24(35-31(23)17-10-8-16(28)9-11-17)26(33)30(25(22)32)27-20(14-29)19-4-2-3-5-21(19)36-27/h6-13,22-24H,2-5H2,1H3/t22-,23-,24+/m1/s1. The lowest BCUT2D eigenvalue weighted by atomic mass is 9.90. The van der Waals surface area contributed by atoms with E-state index in [1.165, 1.54) is 16.2 Å². The van der Waals surface area contributed by atoms with Gasteiger partial charge in [0.05, 0.1) is 24.4 Å². The fourth-order valence-corrected chi connectivity index (χ4v) is 6.87. The van der Waals surface area contributed by atoms with E-state index in [1.54, 1.807) is 36.4 Å². The maximum atomic E-state index is 14.0. The van der Waals surface area contributed by atoms with Gasteiger partial charge in [-0.3, -0.25) is 14.4 Å². The van der Waals surface area contributed by atoms with Crippen LogP contribution in [0, 0.1) is 17.2 Å². The van der Waals surface area contributed by atoms with Crippen LogP contribution in [-0.2, 0) is 27.3 Å². The average Bonchev–Trinajstić information content (AvgIpc) is 3.54. The molecule has 36 heavy (non-hydrogen) atoms. The highest BCUT2D eigenvalue weighted by Gasteiger charge is 2.61. The van der Waals surface area contributed by atoms with E-state index in [-0.39, 0.29) is 5.91 Å². The minimum atomic E-state index is -0.994. The fourth-order valence-electron chi connectivity index (χ4n) is 5.39. The molecule has 182 valence electrons. The Morgan fingerprint density at radius 1 is 1.06 bits per heavy atom. The molecule has 0 bridgehead atoms. The number of nitriles is 1. The molecule has 6 rings (SSSR count). The smallest absolute Gasteiger partial charge is 0.267 e. The summed E-state index contributed by atoms with van der Waals surface area (Å²) in [5.41, 5.74) is 2.93. The largest absolute Gasteiger partial charge is 0.497 e. The third kappa shape index (κ3) is 3.50. The molecular weight excluding hydrogens is 498 g/mol. The van der Waals surface area contributed by atoms with Crippen LogP contribution in [0.2, 0.25) is 5.02 Å². The normalized spacial score (nSPS) is 23.0. The third-order valence-electron chi connectivity index (χ3n) is 7.12. The van der Waals surface area contributed by atoms with Gasteiger partial charge in [-0.1, -0.05) is 23.7 Å². The van der Waals surface area contributed by atoms with Gasteiger partial charge in [-0.25, -0.2) is 9.96 Å². The average molecular weight is 520 g/mol. The Labute approximate surface area is 217 Å². The van der Waals surface area contributed by atoms with Gasteiger partial charge in [0.15, 0.2) is 6.10 Å². The Bertz CT molecular complexity index is 1400. The number of benzene rings is 2. The van der Waals surface area contributed by atoms with Crippen molar-refractivity contribution in [3.63, 3.8) is 0 Å². The van der Waals surface area contributed by atoms with Gasteiger partial charge in [0.2, 0.25) is 5.91 Å². The van der Waals surface area contributed by atoms with Crippen molar-refractivity contribution in [1.82, 2.24) is 0 Å². The molecule has 2 fully saturated rings. The maximum absolute atomic E-state index is 14.0. The predicted octanol–water partition coefficient (Wildman–Crippen LogP) is 5.21. The third-order valence-corrected chi connectivity index (χ3v) is 8.65. The molecule has 3 atom stereocenters. The quantitative estimate of drug-likeness (QED) is 0.440. The van der Waals surface area contributed by atoms with Crippen molar-refractivity contribution in [2.75, 3.05) is 17.1 Å². The van der Waals surface area contributed by atoms with Gasteiger partial charge in [0, 0.05) is 9.90 Å². The van der Waals surface area contributed by atoms with Crippen LogP contribution in [0.1, 0.15) is 40.5 Å². The van der Waals surface area contributed by atoms with E-state index in [2.05, 4.69) is 6.07 Å². The zero-order valence-corrected chi connectivity index (χ0v) is 21.0. The van der Waals surface area contributed by atoms with Gasteiger partial charge >= 0.3 is 0 Å². The van der Waals surface area contributed by atoms with Crippen LogP contribution in [0.15, 0.2) is 48.5 Å². The summed E-state index contributed by atoms with van der Waals surface area (Å²) in [5, 5.41) is 12.6. The number of aryl methyl sites for hydroxylation is 1. The van der Waals surface area contributed by atoms with Gasteiger partial charge in [0.1, 0.15) is 22.7 Å². The van der Waals surface area contributed by atoms with E-state index in [0.717, 1.165) is 41.7 Å². The summed E-state index contributed by atoms with van der Waals surface area (Å²) in [7, 11) is 1.59. The molecule has 9 heteroatoms. The molecule has 3 heterocycles. The number of ether oxygens (including phenoxy) is 1. The molecule has 3 aromatic rings. The van der Waals surface area contributed by atoms with Crippen molar-refractivity contribution in [1.29, 1.82) is 5.26 Å². The van der Waals surface area contributed by atoms with Crippen molar-refractivity contribution in [2.24, 2.45) is 5.92 Å². The van der Waals surface area contributed by atoms with Crippen molar-refractivity contribution in [2.45, 2.75) is 37.8 Å². The van der Waals surface area contributed by atoms with Crippen LogP contribution >= 0.6 is 22.9 Å². The zero-order chi connectivity index (χ0) is 25.0. The molecule has 1 aliphatic carbocycles. The van der Waals surface area contributed by atoms with Gasteiger partial charge in [0.25, 0.3) is 5.91 Å². The first kappa shape index (κ1) is 23.0. The molecule has 0 radical (unpaired) electrons. The van der Waals surface area contributed by atoms with Crippen LogP contribution in [0.5, 0.6) is 5.75 Å². The van der Waals surface area contributed by atoms with Crippen LogP contribution < -0.4 is 14.7 Å². The number of halogens is 1. The van der Waals surface area contributed by atoms with E-state index in [0.29, 0.717) is 27.0 Å². The summed E-state index contributed by atoms with van der Waals surface area (Å²) in [6.45, 7) is 0. The first-order chi connectivity index (χ1) is 17.5. The van der Waals surface area contributed by atoms with Crippen molar-refractivity contribution >= 4 is 45.4 Å². The van der Waals surface area contributed by atoms with Crippen molar-refractivity contribution in [3.05, 3.63) is 75.1 Å². The van der Waals surface area contributed by atoms with Gasteiger partial charge in [-0.2, -0.15) is 5.26 Å². The second kappa shape index (κ2) is 8.93. The summed E-state index contributed by atoms with van der Waals surface area (Å²) < 4.78 is 5.30. The number of carbonyl (C=O) groups is 2. The van der Waals surface area contributed by atoms with E-state index >= 15 is 0 Å². The zero-order valence-electron chi connectivity index (χ0n) is 19.4. The Balaban J connectivity index is 1.43. The Kier molecular flexibility index (Phi) is 5.72. The van der Waals surface area contributed by atoms with E-state index < -0.39 is 24.0 Å². The fraction of sp³-hybridized carbons (Fsp3) is 0.296. The first-order valence-electron chi connectivity index (χ1n) is 11.8. The number of rotatable bonds is 4. The van der Waals surface area contributed by atoms with E-state index in [1.807, 2.05) is 24.3 Å². The molecule has 0 N–H and O–H groups in total. The van der Waals surface area contributed by atoms with Crippen molar-refractivity contribution < 1.29 is 19.2 Å². The molecule has 0 spiro atoms. The molecule has 0 unspecified atom stereocenters. The molecule has 0 saturated carbocycles. The van der Waals surface area contributed by atoms with Gasteiger partial charge in [-0.15, -0.1) is 11.3 Å². The molecule has 2 aromatic carbocycles. The first-order valence-corrected chi connectivity index (χ1v) is 13.0. The lowest BCUT2D eigenvalue weighted by molar-refractivity contribution is -0.126. The number of methoxy groups -OCH3 is 1. The maximum Gasteiger partial charge on any atom is 0.267 e. The lowest BCUT2D eigenvalue weighted by Crippen LogP contribution is -2.37. The van der Waals surface area contributed by atoms with Gasteiger partial charge < -0.3 is 4.74 Å². The highest BCUT2D eigenvalue weighted by atomic mass is 35.5. The minimum absolute atomic E-state index is 0.350. The second-order valence-corrected chi connectivity index (χ2v) is 10.6. The molecule has 3 aliphatic rings. The Hall–Kier alpha value is -3.38. The van der Waals surface area contributed by atoms with Crippen LogP contribution in [-0.4, -0.2) is 25.0 Å². The lowest BCUT2D eigenvalue weighted by Gasteiger charge is -2.28. The van der Waals surface area contributed by atoms with E-state index in [4.69, 9.17) is 21.2 Å². The molecular formula is C27H22ClN3O4S. The Morgan fingerprint density at radius 3 is 2.47 bits per heavy atom. The second-order valence-electron chi connectivity index (χ2n) is 9.09. The molecule has 2 aliphatic heterocycles. The molecule has 7 nitrogen and oxygen atoms in total. The van der Waals surface area contributed by atoms with Crippen LogP contribution in [0.3, 0.4) is 0 Å². The number of hydrogen-bond donors (Lipinski definition) is 0. The van der Waals surface area contributed by atoms with Crippen LogP contribution in [0.4, 0.5) is 10.7 Å². The topological polar surface area (TPSA) is 82.9 Å². The summed E-state index contributed by atoms with van der Waals surface area (Å²) in [6, 6.07) is 16.2. The number of hydroxylamine groups is 1. The minimum Gasteiger partial charge on any atom is -0.497 e. The molecule has 1 aromatic heterocycles. The summed E-state index contributed by atoms with van der Waals surface area (Å²) >= 11 is 7.48. The number of nitrogens with zero attached hydrogens (tertiary/aromatic N) is 3. The molecule has 2 saturated heterocycles. The monoisotopic (exact) mass is 519 g/mol. The number of hydrogen-bond acceptors (Lipinski definition) is 7. The number of anilines is 2. The number of carbonyl (C=O) groups excluding carboxylic acids is 2. The number of amides is 2. The number of fused-ring (bicyclic) bond motifs is 2. The summed E-state index contributed by atoms with van der Waals surface area (Å²) in [5.74, 6) is -0.870. The Morgan fingerprint density at radius 2 is 1.78 bits per heavy atom. The SMILES string of the molecule is COc1ccc([C@@H]2[C@H]3C(=O)N(c4sc5c(c4C#N)CCCC5)C(=O)[C@H]3ON2c2ccc(Cl)cc2)cc1. The highest BCUT2D eigenvalue weighted by molar-refractivity contribution is 7.17. The van der Waals surface area contributed by atoms with E-state index in [9.17, 15) is 14.9 Å². The predicted molar refractivity (Wildman–Crippen MR) is 136 cm³/mol. The van der Waals surface area contributed by atoms with Gasteiger partial charge in [-0.05, 0) is 73.2 Å². The number of thiophene rings is 1. The van der Waals surface area contributed by atoms with Crippen molar-refractivity contribution in [3.8, 4) is 11.8 Å². The molecule has 2 amide bonds.